The van der Waals surface area contributed by atoms with E-state index in [0.29, 0.717) is 0 Å². The van der Waals surface area contributed by atoms with E-state index in [1.54, 1.807) is 16.5 Å². The van der Waals surface area contributed by atoms with E-state index in [1.807, 2.05) is 18.3 Å². The SMILES string of the molecule is CN(C)CCNSc1cccc(-c2ccc3nc(N)nn3c2)c1. The molecule has 0 amide bonds. The quantitative estimate of drug-likeness (QED) is 0.533. The maximum absolute atomic E-state index is 5.63. The first-order valence-electron chi connectivity index (χ1n) is 7.38. The van der Waals surface area contributed by atoms with Crippen molar-refractivity contribution in [3.63, 3.8) is 0 Å². The predicted octanol–water partition coefficient (Wildman–Crippen LogP) is 2.14. The van der Waals surface area contributed by atoms with Crippen LogP contribution in [0.5, 0.6) is 0 Å². The second-order valence-corrected chi connectivity index (χ2v) is 6.48. The van der Waals surface area contributed by atoms with Gasteiger partial charge in [0.2, 0.25) is 5.95 Å². The predicted molar refractivity (Wildman–Crippen MR) is 95.2 cm³/mol. The largest absolute Gasteiger partial charge is 0.366 e. The number of anilines is 1. The molecule has 120 valence electrons. The van der Waals surface area contributed by atoms with Crippen molar-refractivity contribution in [2.24, 2.45) is 0 Å². The summed E-state index contributed by atoms with van der Waals surface area (Å²) in [6.07, 6.45) is 1.95. The fraction of sp³-hybridized carbons (Fsp3) is 0.250. The lowest BCUT2D eigenvalue weighted by Gasteiger charge is -2.10. The van der Waals surface area contributed by atoms with Crippen molar-refractivity contribution >= 4 is 23.5 Å². The van der Waals surface area contributed by atoms with Gasteiger partial charge in [0.25, 0.3) is 0 Å². The minimum atomic E-state index is 0.288. The Morgan fingerprint density at radius 2 is 2.09 bits per heavy atom. The van der Waals surface area contributed by atoms with Crippen LogP contribution in [-0.2, 0) is 0 Å². The van der Waals surface area contributed by atoms with Crippen LogP contribution in [0.25, 0.3) is 16.8 Å². The zero-order valence-electron chi connectivity index (χ0n) is 13.2. The Hall–Kier alpha value is -2.09. The van der Waals surface area contributed by atoms with Crippen LogP contribution in [-0.4, -0.2) is 46.7 Å². The van der Waals surface area contributed by atoms with E-state index in [-0.39, 0.29) is 5.95 Å². The average Bonchev–Trinajstić information content (AvgIpc) is 2.91. The summed E-state index contributed by atoms with van der Waals surface area (Å²) in [5.41, 5.74) is 8.61. The van der Waals surface area contributed by atoms with Crippen molar-refractivity contribution in [1.29, 1.82) is 0 Å². The van der Waals surface area contributed by atoms with E-state index in [9.17, 15) is 0 Å². The van der Waals surface area contributed by atoms with E-state index in [2.05, 4.69) is 58.1 Å². The fourth-order valence-corrected chi connectivity index (χ4v) is 2.91. The van der Waals surface area contributed by atoms with Crippen LogP contribution >= 0.6 is 11.9 Å². The number of hydrogen-bond donors (Lipinski definition) is 2. The molecule has 0 bridgehead atoms. The standard InChI is InChI=1S/C16H20N6S/c1-21(2)9-8-18-23-14-5-3-4-12(10-14)13-6-7-15-19-16(17)20-22(15)11-13/h3-7,10-11,18H,8-9H2,1-2H3,(H2,17,20). The highest BCUT2D eigenvalue weighted by Gasteiger charge is 2.04. The molecule has 2 heterocycles. The van der Waals surface area contributed by atoms with Crippen molar-refractivity contribution in [3.8, 4) is 11.1 Å². The van der Waals surface area contributed by atoms with Gasteiger partial charge in [-0.15, -0.1) is 5.10 Å². The Bertz CT molecular complexity index is 798. The number of nitrogens with zero attached hydrogens (tertiary/aromatic N) is 4. The number of pyridine rings is 1. The Morgan fingerprint density at radius 1 is 1.22 bits per heavy atom. The number of nitrogen functional groups attached to an aromatic ring is 1. The normalized spacial score (nSPS) is 11.4. The molecule has 0 aliphatic heterocycles. The summed E-state index contributed by atoms with van der Waals surface area (Å²) in [6.45, 7) is 1.95. The molecule has 0 saturated carbocycles. The van der Waals surface area contributed by atoms with Crippen molar-refractivity contribution in [2.45, 2.75) is 4.90 Å². The Labute approximate surface area is 139 Å². The first-order valence-corrected chi connectivity index (χ1v) is 8.20. The second-order valence-electron chi connectivity index (χ2n) is 5.52. The van der Waals surface area contributed by atoms with Gasteiger partial charge in [0, 0.05) is 29.7 Å². The summed E-state index contributed by atoms with van der Waals surface area (Å²) < 4.78 is 5.08. The van der Waals surface area contributed by atoms with E-state index >= 15 is 0 Å². The number of benzene rings is 1. The Balaban J connectivity index is 1.75. The number of nitrogens with two attached hydrogens (primary N) is 1. The summed E-state index contributed by atoms with van der Waals surface area (Å²) in [5.74, 6) is 0.288. The lowest BCUT2D eigenvalue weighted by molar-refractivity contribution is 0.415. The summed E-state index contributed by atoms with van der Waals surface area (Å²) in [5, 5.41) is 4.16. The molecule has 6 nitrogen and oxygen atoms in total. The zero-order chi connectivity index (χ0) is 16.2. The van der Waals surface area contributed by atoms with E-state index in [1.165, 1.54) is 4.90 Å². The third-order valence-corrected chi connectivity index (χ3v) is 4.20. The highest BCUT2D eigenvalue weighted by Crippen LogP contribution is 2.24. The molecule has 0 aliphatic carbocycles. The molecule has 7 heteroatoms. The van der Waals surface area contributed by atoms with Gasteiger partial charge in [-0.2, -0.15) is 4.98 Å². The lowest BCUT2D eigenvalue weighted by atomic mass is 10.1. The van der Waals surface area contributed by atoms with Gasteiger partial charge in [0.05, 0.1) is 0 Å². The van der Waals surface area contributed by atoms with Crippen LogP contribution in [0.15, 0.2) is 47.5 Å². The molecule has 2 aromatic heterocycles. The maximum Gasteiger partial charge on any atom is 0.240 e. The van der Waals surface area contributed by atoms with Crippen molar-refractivity contribution in [3.05, 3.63) is 42.6 Å². The van der Waals surface area contributed by atoms with Crippen molar-refractivity contribution in [1.82, 2.24) is 24.2 Å². The second kappa shape index (κ2) is 6.99. The number of rotatable bonds is 6. The molecule has 3 aromatic rings. The van der Waals surface area contributed by atoms with Gasteiger partial charge in [0.1, 0.15) is 0 Å². The molecule has 0 fully saturated rings. The smallest absolute Gasteiger partial charge is 0.240 e. The van der Waals surface area contributed by atoms with Gasteiger partial charge in [0.15, 0.2) is 5.65 Å². The molecule has 0 saturated heterocycles. The maximum atomic E-state index is 5.63. The zero-order valence-corrected chi connectivity index (χ0v) is 14.0. The highest BCUT2D eigenvalue weighted by atomic mass is 32.2. The minimum Gasteiger partial charge on any atom is -0.366 e. The Morgan fingerprint density at radius 3 is 2.91 bits per heavy atom. The molecule has 3 rings (SSSR count). The topological polar surface area (TPSA) is 71.5 Å². The van der Waals surface area contributed by atoms with E-state index < -0.39 is 0 Å². The summed E-state index contributed by atoms with van der Waals surface area (Å²) in [7, 11) is 4.14. The van der Waals surface area contributed by atoms with Crippen molar-refractivity contribution < 1.29 is 0 Å². The molecule has 0 spiro atoms. The van der Waals surface area contributed by atoms with Crippen LogP contribution in [0.1, 0.15) is 0 Å². The summed E-state index contributed by atoms with van der Waals surface area (Å²) in [4.78, 5) is 7.48. The molecular formula is C16H20N6S. The number of nitrogens with one attached hydrogen (secondary N) is 1. The van der Waals surface area contributed by atoms with E-state index in [0.717, 1.165) is 29.9 Å². The molecular weight excluding hydrogens is 308 g/mol. The van der Waals surface area contributed by atoms with Crippen LogP contribution in [0.2, 0.25) is 0 Å². The first kappa shape index (κ1) is 15.8. The summed E-state index contributed by atoms with van der Waals surface area (Å²) >= 11 is 1.65. The highest BCUT2D eigenvalue weighted by molar-refractivity contribution is 7.97. The van der Waals surface area contributed by atoms with E-state index in [4.69, 9.17) is 5.73 Å². The van der Waals surface area contributed by atoms with Gasteiger partial charge in [-0.25, -0.2) is 4.52 Å². The van der Waals surface area contributed by atoms with Gasteiger partial charge in [-0.05, 0) is 55.9 Å². The first-order chi connectivity index (χ1) is 11.1. The van der Waals surface area contributed by atoms with Gasteiger partial charge >= 0.3 is 0 Å². The van der Waals surface area contributed by atoms with Crippen LogP contribution < -0.4 is 10.5 Å². The average molecular weight is 328 g/mol. The third kappa shape index (κ3) is 4.01. The van der Waals surface area contributed by atoms with Gasteiger partial charge in [-0.1, -0.05) is 12.1 Å². The van der Waals surface area contributed by atoms with Crippen molar-refractivity contribution in [2.75, 3.05) is 32.9 Å². The number of likely N-dealkylation sites (N-methyl/N-ethyl adjacent to an activating group) is 1. The minimum absolute atomic E-state index is 0.288. The van der Waals surface area contributed by atoms with Crippen LogP contribution in [0, 0.1) is 0 Å². The number of hydrogen-bond acceptors (Lipinski definition) is 6. The molecule has 0 aliphatic rings. The lowest BCUT2D eigenvalue weighted by Crippen LogP contribution is -2.22. The molecule has 3 N–H and O–H groups in total. The number of aromatic nitrogens is 3. The van der Waals surface area contributed by atoms with Gasteiger partial charge < -0.3 is 10.6 Å². The number of fused-ring (bicyclic) bond motifs is 1. The third-order valence-electron chi connectivity index (χ3n) is 3.37. The molecule has 0 radical (unpaired) electrons. The Kier molecular flexibility index (Phi) is 4.80. The van der Waals surface area contributed by atoms with Gasteiger partial charge in [-0.3, -0.25) is 4.72 Å². The molecule has 0 unspecified atom stereocenters. The molecule has 1 aromatic carbocycles. The summed E-state index contributed by atoms with van der Waals surface area (Å²) in [6, 6.07) is 12.4. The fourth-order valence-electron chi connectivity index (χ4n) is 2.21. The molecule has 0 atom stereocenters. The molecule has 23 heavy (non-hydrogen) atoms. The van der Waals surface area contributed by atoms with Crippen LogP contribution in [0.4, 0.5) is 5.95 Å². The monoisotopic (exact) mass is 328 g/mol. The van der Waals surface area contributed by atoms with Crippen LogP contribution in [0.3, 0.4) is 0 Å².